The summed E-state index contributed by atoms with van der Waals surface area (Å²) < 4.78 is 0. The first-order chi connectivity index (χ1) is 13.0. The molecule has 3 heterocycles. The van der Waals surface area contributed by atoms with Gasteiger partial charge in [-0.2, -0.15) is 5.26 Å². The SMILES string of the molecule is N#C/C(N)=C(\Cl)N=C(N)N1CCCC(N2CCN(c3cccnc3)C2=O)C1. The van der Waals surface area contributed by atoms with Crippen LogP contribution in [0.2, 0.25) is 0 Å². The molecule has 1 aromatic heterocycles. The molecule has 0 spiro atoms. The number of piperidine rings is 1. The summed E-state index contributed by atoms with van der Waals surface area (Å²) in [5, 5.41) is 8.64. The Morgan fingerprint density at radius 2 is 2.19 bits per heavy atom. The lowest BCUT2D eigenvalue weighted by molar-refractivity contribution is 0.161. The van der Waals surface area contributed by atoms with E-state index in [9.17, 15) is 4.79 Å². The lowest BCUT2D eigenvalue weighted by Gasteiger charge is -2.37. The number of pyridine rings is 1. The van der Waals surface area contributed by atoms with Crippen LogP contribution in [0, 0.1) is 11.3 Å². The molecule has 27 heavy (non-hydrogen) atoms. The molecule has 1 unspecified atom stereocenters. The zero-order valence-electron chi connectivity index (χ0n) is 14.8. The number of amides is 2. The molecule has 2 aliphatic heterocycles. The molecular weight excluding hydrogens is 368 g/mol. The molecule has 2 amide bonds. The van der Waals surface area contributed by atoms with Gasteiger partial charge in [0, 0.05) is 32.4 Å². The van der Waals surface area contributed by atoms with Crippen molar-refractivity contribution in [3.63, 3.8) is 0 Å². The quantitative estimate of drug-likeness (QED) is 0.344. The summed E-state index contributed by atoms with van der Waals surface area (Å²) in [7, 11) is 0. The van der Waals surface area contributed by atoms with Crippen LogP contribution < -0.4 is 16.4 Å². The maximum Gasteiger partial charge on any atom is 0.324 e. The van der Waals surface area contributed by atoms with E-state index >= 15 is 0 Å². The molecule has 3 rings (SSSR count). The maximum absolute atomic E-state index is 12.9. The Hall–Kier alpha value is -2.99. The number of guanidine groups is 1. The highest BCUT2D eigenvalue weighted by atomic mass is 35.5. The Morgan fingerprint density at radius 1 is 1.37 bits per heavy atom. The van der Waals surface area contributed by atoms with E-state index in [4.69, 9.17) is 28.3 Å². The second-order valence-corrected chi connectivity index (χ2v) is 6.73. The summed E-state index contributed by atoms with van der Waals surface area (Å²) in [5.41, 5.74) is 12.1. The van der Waals surface area contributed by atoms with Crippen LogP contribution in [0.3, 0.4) is 0 Å². The van der Waals surface area contributed by atoms with Gasteiger partial charge in [-0.15, -0.1) is 0 Å². The highest BCUT2D eigenvalue weighted by Gasteiger charge is 2.36. The number of carbonyl (C=O) groups is 1. The number of aromatic nitrogens is 1. The van der Waals surface area contributed by atoms with Crippen molar-refractivity contribution in [2.75, 3.05) is 31.1 Å². The molecule has 0 bridgehead atoms. The second-order valence-electron chi connectivity index (χ2n) is 6.37. The fourth-order valence-electron chi connectivity index (χ4n) is 3.34. The Bertz CT molecular complexity index is 803. The number of nitriles is 1. The summed E-state index contributed by atoms with van der Waals surface area (Å²) in [5.74, 6) is 0.193. The van der Waals surface area contributed by atoms with Crippen molar-refractivity contribution in [2.45, 2.75) is 18.9 Å². The van der Waals surface area contributed by atoms with Crippen LogP contribution in [0.4, 0.5) is 10.5 Å². The van der Waals surface area contributed by atoms with Gasteiger partial charge in [0.25, 0.3) is 0 Å². The first kappa shape index (κ1) is 18.8. The molecular formula is C17H21ClN8O. The molecule has 9 nitrogen and oxygen atoms in total. The third-order valence-electron chi connectivity index (χ3n) is 4.72. The van der Waals surface area contributed by atoms with Gasteiger partial charge in [0.15, 0.2) is 11.1 Å². The topological polar surface area (TPSA) is 128 Å². The first-order valence-corrected chi connectivity index (χ1v) is 9.01. The number of nitrogens with zero attached hydrogens (tertiary/aromatic N) is 6. The number of carbonyl (C=O) groups excluding carboxylic acids is 1. The number of anilines is 1. The fourth-order valence-corrected chi connectivity index (χ4v) is 3.47. The van der Waals surface area contributed by atoms with E-state index in [1.54, 1.807) is 23.4 Å². The summed E-state index contributed by atoms with van der Waals surface area (Å²) >= 11 is 5.88. The molecule has 2 aliphatic rings. The van der Waals surface area contributed by atoms with Gasteiger partial charge in [-0.3, -0.25) is 9.88 Å². The van der Waals surface area contributed by atoms with Crippen LogP contribution >= 0.6 is 11.6 Å². The summed E-state index contributed by atoms with van der Waals surface area (Å²) in [6.45, 7) is 2.53. The summed E-state index contributed by atoms with van der Waals surface area (Å²) in [6.07, 6.45) is 5.13. The monoisotopic (exact) mass is 388 g/mol. The molecule has 1 aromatic rings. The number of aliphatic imine (C=N–C) groups is 1. The van der Waals surface area contributed by atoms with Crippen LogP contribution in [0.5, 0.6) is 0 Å². The van der Waals surface area contributed by atoms with Crippen molar-refractivity contribution in [1.29, 1.82) is 5.26 Å². The molecule has 4 N–H and O–H groups in total. The van der Waals surface area contributed by atoms with Gasteiger partial charge in [-0.05, 0) is 25.0 Å². The highest BCUT2D eigenvalue weighted by Crippen LogP contribution is 2.24. The largest absolute Gasteiger partial charge is 0.388 e. The zero-order chi connectivity index (χ0) is 19.4. The molecule has 0 aromatic carbocycles. The van der Waals surface area contributed by atoms with Crippen molar-refractivity contribution in [3.8, 4) is 6.07 Å². The normalized spacial score (nSPS) is 21.9. The Kier molecular flexibility index (Phi) is 5.66. The standard InChI is InChI=1S/C17H21ClN8O/c18-15(14(20)9-19)23-16(21)24-6-2-4-13(11-24)26-8-7-25(17(26)27)12-3-1-5-22-10-12/h1,3,5,10,13H,2,4,6-8,11,20H2,(H2,21,23)/b15-14-. The number of allylic oxidation sites excluding steroid dienone is 1. The Morgan fingerprint density at radius 3 is 2.89 bits per heavy atom. The molecule has 10 heteroatoms. The van der Waals surface area contributed by atoms with Gasteiger partial charge >= 0.3 is 6.03 Å². The van der Waals surface area contributed by atoms with Crippen molar-refractivity contribution in [3.05, 3.63) is 35.4 Å². The minimum absolute atomic E-state index is 0.0257. The predicted octanol–water partition coefficient (Wildman–Crippen LogP) is 0.993. The third-order valence-corrected chi connectivity index (χ3v) is 5.00. The predicted molar refractivity (Wildman–Crippen MR) is 103 cm³/mol. The van der Waals surface area contributed by atoms with E-state index in [1.165, 1.54) is 0 Å². The van der Waals surface area contributed by atoms with E-state index in [0.717, 1.165) is 18.5 Å². The number of likely N-dealkylation sites (tertiary alicyclic amines) is 1. The number of halogens is 1. The number of nitrogens with two attached hydrogens (primary N) is 2. The van der Waals surface area contributed by atoms with Gasteiger partial charge in [0.1, 0.15) is 11.8 Å². The van der Waals surface area contributed by atoms with Gasteiger partial charge in [-0.25, -0.2) is 9.79 Å². The lowest BCUT2D eigenvalue weighted by Crippen LogP contribution is -2.52. The number of hydrogen-bond donors (Lipinski definition) is 2. The van der Waals surface area contributed by atoms with E-state index < -0.39 is 0 Å². The zero-order valence-corrected chi connectivity index (χ0v) is 15.5. The van der Waals surface area contributed by atoms with E-state index in [-0.39, 0.29) is 28.9 Å². The third kappa shape index (κ3) is 4.06. The smallest absolute Gasteiger partial charge is 0.324 e. The van der Waals surface area contributed by atoms with Crippen molar-refractivity contribution in [1.82, 2.24) is 14.8 Å². The van der Waals surface area contributed by atoms with Crippen LogP contribution in [0.25, 0.3) is 0 Å². The summed E-state index contributed by atoms with van der Waals surface area (Å²) in [4.78, 5) is 26.4. The van der Waals surface area contributed by atoms with Gasteiger partial charge in [0.05, 0.1) is 17.9 Å². The molecule has 142 valence electrons. The van der Waals surface area contributed by atoms with E-state index in [2.05, 4.69) is 9.98 Å². The number of hydrogen-bond acceptors (Lipinski definition) is 5. The van der Waals surface area contributed by atoms with Gasteiger partial charge in [-0.1, -0.05) is 11.6 Å². The highest BCUT2D eigenvalue weighted by molar-refractivity contribution is 6.30. The summed E-state index contributed by atoms with van der Waals surface area (Å²) in [6, 6.07) is 5.42. The van der Waals surface area contributed by atoms with Crippen molar-refractivity contribution >= 4 is 29.3 Å². The number of urea groups is 1. The van der Waals surface area contributed by atoms with Crippen LogP contribution in [-0.4, -0.2) is 59.0 Å². The van der Waals surface area contributed by atoms with Crippen molar-refractivity contribution in [2.24, 2.45) is 16.5 Å². The maximum atomic E-state index is 12.9. The van der Waals surface area contributed by atoms with Crippen LogP contribution in [0.15, 0.2) is 40.4 Å². The molecule has 0 saturated carbocycles. The molecule has 0 aliphatic carbocycles. The minimum atomic E-state index is -0.185. The van der Waals surface area contributed by atoms with Gasteiger partial charge in [0.2, 0.25) is 0 Å². The fraction of sp³-hybridized carbons (Fsp3) is 0.412. The molecule has 2 saturated heterocycles. The van der Waals surface area contributed by atoms with Crippen LogP contribution in [-0.2, 0) is 0 Å². The van der Waals surface area contributed by atoms with E-state index in [0.29, 0.717) is 26.2 Å². The van der Waals surface area contributed by atoms with E-state index in [1.807, 2.05) is 21.9 Å². The van der Waals surface area contributed by atoms with Crippen molar-refractivity contribution < 1.29 is 4.79 Å². The average molecular weight is 389 g/mol. The molecule has 2 fully saturated rings. The lowest BCUT2D eigenvalue weighted by atomic mass is 10.0. The first-order valence-electron chi connectivity index (χ1n) is 8.64. The average Bonchev–Trinajstić information content (AvgIpc) is 3.09. The Balaban J connectivity index is 1.69. The second kappa shape index (κ2) is 8.14. The molecule has 1 atom stereocenters. The van der Waals surface area contributed by atoms with Gasteiger partial charge < -0.3 is 21.3 Å². The number of rotatable bonds is 3. The Labute approximate surface area is 162 Å². The van der Waals surface area contributed by atoms with Crippen LogP contribution in [0.1, 0.15) is 12.8 Å². The minimum Gasteiger partial charge on any atom is -0.388 e. The molecule has 0 radical (unpaired) electrons.